The van der Waals surface area contributed by atoms with Crippen molar-refractivity contribution in [2.24, 2.45) is 5.92 Å². The number of imidazole rings is 1. The summed E-state index contributed by atoms with van der Waals surface area (Å²) in [6.45, 7) is 2.47. The Labute approximate surface area is 124 Å². The molecule has 2 heterocycles. The maximum absolute atomic E-state index is 11.6. The predicted molar refractivity (Wildman–Crippen MR) is 81.1 cm³/mol. The molecular formula is C10H16N5O4PS. The highest BCUT2D eigenvalue weighted by atomic mass is 32.2. The van der Waals surface area contributed by atoms with Crippen molar-refractivity contribution in [1.29, 1.82) is 0 Å². The number of nitrogens with two attached hydrogens (primary N) is 1. The van der Waals surface area contributed by atoms with E-state index < -0.39 is 7.60 Å². The summed E-state index contributed by atoms with van der Waals surface area (Å²) >= 11 is 1.19. The van der Waals surface area contributed by atoms with Gasteiger partial charge in [0.15, 0.2) is 11.2 Å². The number of hydrogen-bond acceptors (Lipinski definition) is 6. The molecule has 5 N–H and O–H groups in total. The fourth-order valence-corrected chi connectivity index (χ4v) is 3.75. The summed E-state index contributed by atoms with van der Waals surface area (Å²) in [7, 11) is -3.98. The summed E-state index contributed by atoms with van der Waals surface area (Å²) in [6, 6.07) is 0. The molecule has 0 bridgehead atoms. The van der Waals surface area contributed by atoms with E-state index in [1.165, 1.54) is 18.1 Å². The van der Waals surface area contributed by atoms with Gasteiger partial charge in [0, 0.05) is 6.54 Å². The van der Waals surface area contributed by atoms with Gasteiger partial charge < -0.3 is 20.1 Å². The molecule has 0 aliphatic rings. The molecule has 0 aromatic carbocycles. The van der Waals surface area contributed by atoms with E-state index in [2.05, 4.69) is 15.0 Å². The van der Waals surface area contributed by atoms with Crippen LogP contribution in [0.3, 0.4) is 0 Å². The first kappa shape index (κ1) is 16.0. The smallest absolute Gasteiger partial charge is 0.335 e. The lowest BCUT2D eigenvalue weighted by atomic mass is 10.2. The fraction of sp³-hybridized carbons (Fsp3) is 0.500. The van der Waals surface area contributed by atoms with Crippen LogP contribution >= 0.6 is 19.4 Å². The average molecular weight is 333 g/mol. The molecular weight excluding hydrogens is 317 g/mol. The topological polar surface area (TPSA) is 147 Å². The van der Waals surface area contributed by atoms with E-state index >= 15 is 0 Å². The zero-order valence-electron chi connectivity index (χ0n) is 11.3. The number of fused-ring (bicyclic) bond motifs is 1. The second-order valence-electron chi connectivity index (χ2n) is 4.79. The second-order valence-corrected chi connectivity index (χ2v) is 7.89. The third-order valence-electron chi connectivity index (χ3n) is 2.66. The molecule has 116 valence electrons. The Kier molecular flexibility index (Phi) is 4.72. The summed E-state index contributed by atoms with van der Waals surface area (Å²) in [6.07, 6.45) is 1.51. The number of thioether (sulfide) groups is 1. The SMILES string of the molecule is C[C@@H](CSCP(=O)(O)O)Cn1cnc2c(=O)[nH]c(N)nc21. The van der Waals surface area contributed by atoms with Gasteiger partial charge in [-0.25, -0.2) is 4.98 Å². The maximum Gasteiger partial charge on any atom is 0.335 e. The Balaban J connectivity index is 2.06. The number of nitrogen functional groups attached to an aromatic ring is 1. The van der Waals surface area contributed by atoms with Gasteiger partial charge in [-0.2, -0.15) is 4.98 Å². The van der Waals surface area contributed by atoms with Crippen LogP contribution in [0, 0.1) is 5.92 Å². The highest BCUT2D eigenvalue weighted by Crippen LogP contribution is 2.39. The summed E-state index contributed by atoms with van der Waals surface area (Å²) in [5, 5.41) is 0. The van der Waals surface area contributed by atoms with Crippen LogP contribution < -0.4 is 11.3 Å². The highest BCUT2D eigenvalue weighted by molar-refractivity contribution is 8.04. The van der Waals surface area contributed by atoms with Crippen LogP contribution in [0.25, 0.3) is 11.2 Å². The molecule has 0 aliphatic heterocycles. The molecule has 0 saturated carbocycles. The van der Waals surface area contributed by atoms with E-state index in [0.29, 0.717) is 17.9 Å². The lowest BCUT2D eigenvalue weighted by Gasteiger charge is -2.12. The lowest BCUT2D eigenvalue weighted by molar-refractivity contribution is 0.379. The normalized spacial score (nSPS) is 13.7. The molecule has 0 saturated heterocycles. The molecule has 1 atom stereocenters. The molecule has 0 amide bonds. The van der Waals surface area contributed by atoms with E-state index in [-0.39, 0.29) is 28.4 Å². The molecule has 0 radical (unpaired) electrons. The largest absolute Gasteiger partial charge is 0.369 e. The van der Waals surface area contributed by atoms with E-state index in [9.17, 15) is 9.36 Å². The van der Waals surface area contributed by atoms with Crippen molar-refractivity contribution in [2.75, 3.05) is 17.0 Å². The van der Waals surface area contributed by atoms with Gasteiger partial charge in [0.2, 0.25) is 5.95 Å². The molecule has 0 fully saturated rings. The fourth-order valence-electron chi connectivity index (χ4n) is 1.87. The lowest BCUT2D eigenvalue weighted by Crippen LogP contribution is -2.14. The number of rotatable bonds is 6. The number of aromatic amines is 1. The third-order valence-corrected chi connectivity index (χ3v) is 5.54. The van der Waals surface area contributed by atoms with Crippen molar-refractivity contribution < 1.29 is 14.4 Å². The van der Waals surface area contributed by atoms with Crippen molar-refractivity contribution in [3.63, 3.8) is 0 Å². The van der Waals surface area contributed by atoms with Crippen LogP contribution in [-0.2, 0) is 11.1 Å². The van der Waals surface area contributed by atoms with E-state index in [0.717, 1.165) is 0 Å². The number of H-pyrrole nitrogens is 1. The van der Waals surface area contributed by atoms with Crippen molar-refractivity contribution in [3.05, 3.63) is 16.7 Å². The third kappa shape index (κ3) is 4.31. The molecule has 11 heteroatoms. The van der Waals surface area contributed by atoms with Gasteiger partial charge in [-0.3, -0.25) is 14.3 Å². The molecule has 21 heavy (non-hydrogen) atoms. The Morgan fingerprint density at radius 2 is 2.29 bits per heavy atom. The number of hydrogen-bond donors (Lipinski definition) is 4. The monoisotopic (exact) mass is 333 g/mol. The van der Waals surface area contributed by atoms with Crippen molar-refractivity contribution >= 4 is 36.5 Å². The second kappa shape index (κ2) is 6.18. The van der Waals surface area contributed by atoms with Crippen LogP contribution in [0.15, 0.2) is 11.1 Å². The molecule has 0 spiro atoms. The molecule has 2 aromatic rings. The molecule has 2 aromatic heterocycles. The predicted octanol–water partition coefficient (Wildman–Crippen LogP) is 0.206. The van der Waals surface area contributed by atoms with Crippen LogP contribution in [0.4, 0.5) is 5.95 Å². The van der Waals surface area contributed by atoms with Gasteiger partial charge in [-0.1, -0.05) is 6.92 Å². The summed E-state index contributed by atoms with van der Waals surface area (Å²) < 4.78 is 12.5. The minimum absolute atomic E-state index is 0.0257. The van der Waals surface area contributed by atoms with E-state index in [4.69, 9.17) is 15.5 Å². The van der Waals surface area contributed by atoms with Crippen LogP contribution in [-0.4, -0.2) is 40.6 Å². The first-order valence-corrected chi connectivity index (χ1v) is 9.04. The molecule has 9 nitrogen and oxygen atoms in total. The van der Waals surface area contributed by atoms with Crippen molar-refractivity contribution in [1.82, 2.24) is 19.5 Å². The Morgan fingerprint density at radius 3 is 2.95 bits per heavy atom. The van der Waals surface area contributed by atoms with Gasteiger partial charge in [0.25, 0.3) is 5.56 Å². The van der Waals surface area contributed by atoms with Gasteiger partial charge in [0.05, 0.1) is 11.8 Å². The first-order chi connectivity index (χ1) is 9.76. The minimum Gasteiger partial charge on any atom is -0.369 e. The van der Waals surface area contributed by atoms with Crippen LogP contribution in [0.5, 0.6) is 0 Å². The minimum atomic E-state index is -3.98. The Hall–Kier alpha value is -1.35. The molecule has 0 unspecified atom stereocenters. The van der Waals surface area contributed by atoms with Crippen LogP contribution in [0.2, 0.25) is 0 Å². The number of aromatic nitrogens is 4. The summed E-state index contributed by atoms with van der Waals surface area (Å²) in [5.74, 6) is 0.725. The average Bonchev–Trinajstić information content (AvgIpc) is 2.71. The molecule has 2 rings (SSSR count). The highest BCUT2D eigenvalue weighted by Gasteiger charge is 2.15. The van der Waals surface area contributed by atoms with E-state index in [1.54, 1.807) is 4.57 Å². The molecule has 0 aliphatic carbocycles. The van der Waals surface area contributed by atoms with Gasteiger partial charge in [0.1, 0.15) is 0 Å². The Bertz CT molecular complexity index is 739. The summed E-state index contributed by atoms with van der Waals surface area (Å²) in [5.41, 5.74) is 5.55. The number of anilines is 1. The quantitative estimate of drug-likeness (QED) is 0.548. The standard InChI is InChI=1S/C10H16N5O4PS/c1-6(3-21-5-20(17,18)19)2-15-4-12-7-8(15)13-10(11)14-9(7)16/h4,6H,2-3,5H2,1H3,(H2,17,18,19)(H3,11,13,14,16)/t6-/m1/s1. The Morgan fingerprint density at radius 1 is 1.57 bits per heavy atom. The zero-order valence-corrected chi connectivity index (χ0v) is 13.0. The maximum atomic E-state index is 11.6. The van der Waals surface area contributed by atoms with E-state index in [1.807, 2.05) is 6.92 Å². The van der Waals surface area contributed by atoms with Crippen molar-refractivity contribution in [3.8, 4) is 0 Å². The number of nitrogens with one attached hydrogen (secondary N) is 1. The van der Waals surface area contributed by atoms with Gasteiger partial charge in [-0.15, -0.1) is 11.8 Å². The number of nitrogens with zero attached hydrogens (tertiary/aromatic N) is 3. The first-order valence-electron chi connectivity index (χ1n) is 6.09. The van der Waals surface area contributed by atoms with Gasteiger partial charge in [-0.05, 0) is 11.7 Å². The summed E-state index contributed by atoms with van der Waals surface area (Å²) in [4.78, 5) is 39.7. The van der Waals surface area contributed by atoms with Crippen LogP contribution in [0.1, 0.15) is 6.92 Å². The van der Waals surface area contributed by atoms with Crippen molar-refractivity contribution in [2.45, 2.75) is 13.5 Å². The zero-order chi connectivity index (χ0) is 15.6. The van der Waals surface area contributed by atoms with Gasteiger partial charge >= 0.3 is 7.60 Å².